The molecule has 0 aliphatic heterocycles. The van der Waals surface area contributed by atoms with Crippen LogP contribution in [-0.2, 0) is 43.7 Å². The summed E-state index contributed by atoms with van der Waals surface area (Å²) in [6.07, 6.45) is 0. The van der Waals surface area contributed by atoms with Gasteiger partial charge in [0.2, 0.25) is 0 Å². The van der Waals surface area contributed by atoms with E-state index in [2.05, 4.69) is 0 Å². The number of carboxylic acid groups (broad SMARTS) is 2. The second-order valence-corrected chi connectivity index (χ2v) is 0.588. The molecule has 9 heavy (non-hydrogen) atoms. The molecule has 0 fully saturated rings. The molecule has 0 unspecified atom stereocenters. The Balaban J connectivity index is -0.0000000233. The Morgan fingerprint density at radius 2 is 1.44 bits per heavy atom. The van der Waals surface area contributed by atoms with Crippen LogP contribution in [0.5, 0.6) is 0 Å². The van der Waals surface area contributed by atoms with Crippen LogP contribution in [0.3, 0.4) is 0 Å². The number of rotatable bonds is 0. The van der Waals surface area contributed by atoms with Crippen molar-refractivity contribution in [1.82, 2.24) is 0 Å². The van der Waals surface area contributed by atoms with Gasteiger partial charge in [0.1, 0.15) is 0 Å². The molecule has 0 saturated carbocycles. The number of aliphatic carboxylic acids is 1. The molecule has 6 heteroatoms. The Morgan fingerprint density at radius 1 is 1.44 bits per heavy atom. The Hall–Kier alpha value is -0.0210. The van der Waals surface area contributed by atoms with Crippen LogP contribution in [0, 0.1) is 0 Å². The molecule has 0 aromatic rings. The van der Waals surface area contributed by atoms with Crippen LogP contribution in [-0.4, -0.2) is 12.4 Å². The first-order valence-corrected chi connectivity index (χ1v) is 1.38. The average Bonchev–Trinajstić information content (AvgIpc) is 1.33. The van der Waals surface area contributed by atoms with Crippen molar-refractivity contribution in [2.45, 2.75) is 6.92 Å². The summed E-state index contributed by atoms with van der Waals surface area (Å²) in [4.78, 5) is 17.1. The molecule has 0 aliphatic carbocycles. The summed E-state index contributed by atoms with van der Waals surface area (Å²) in [7, 11) is 0. The third-order valence-electron chi connectivity index (χ3n) is 0. The van der Waals surface area contributed by atoms with E-state index >= 15 is 0 Å². The fraction of sp³-hybridized carbons (Fsp3) is 0.333. The third kappa shape index (κ3) is 644000. The molecule has 0 spiro atoms. The monoisotopic (exact) mass is 230 g/mol. The summed E-state index contributed by atoms with van der Waals surface area (Å²) < 4.78 is 0. The van der Waals surface area contributed by atoms with Gasteiger partial charge in [-0.2, -0.15) is 0 Å². The van der Waals surface area contributed by atoms with Gasteiger partial charge in [0.25, 0.3) is 0 Å². The Kier molecular flexibility index (Phi) is 62.9. The van der Waals surface area contributed by atoms with Crippen molar-refractivity contribution in [3.8, 4) is 0 Å². The van der Waals surface area contributed by atoms with Gasteiger partial charge in [0.15, 0.2) is 0 Å². The zero-order valence-electron chi connectivity index (χ0n) is 4.31. The van der Waals surface area contributed by atoms with Gasteiger partial charge in [-0.25, -0.2) is 0 Å². The summed E-state index contributed by atoms with van der Waals surface area (Å²) in [5, 5.41) is 17.1. The van der Waals surface area contributed by atoms with Crippen molar-refractivity contribution < 1.29 is 53.9 Å². The molecular formula is C3H4Cu2O4+2. The van der Waals surface area contributed by atoms with Gasteiger partial charge in [-0.05, 0) is 6.92 Å². The topological polar surface area (TPSA) is 80.3 Å². The molecule has 4 nitrogen and oxygen atoms in total. The Morgan fingerprint density at radius 3 is 1.44 bits per heavy atom. The molecule has 60 valence electrons. The predicted molar refractivity (Wildman–Crippen MR) is 16.7 cm³/mol. The van der Waals surface area contributed by atoms with Gasteiger partial charge < -0.3 is 19.8 Å². The molecule has 0 aromatic carbocycles. The van der Waals surface area contributed by atoms with Crippen LogP contribution >= 0.6 is 0 Å². The molecule has 0 saturated heterocycles. The summed E-state index contributed by atoms with van der Waals surface area (Å²) >= 11 is 0. The van der Waals surface area contributed by atoms with E-state index in [0.29, 0.717) is 0 Å². The quantitative estimate of drug-likeness (QED) is 0.331. The number of carbonyl (C=O) groups is 2. The minimum atomic E-state index is -1.08. The SMILES string of the molecule is CC(=O)[O-].O=C[O-].[Cu+2].[Cu+2]. The molecule has 0 amide bonds. The van der Waals surface area contributed by atoms with E-state index in [1.54, 1.807) is 0 Å². The Labute approximate surface area is 73.6 Å². The molecule has 0 atom stereocenters. The third-order valence-corrected chi connectivity index (χ3v) is 0. The van der Waals surface area contributed by atoms with E-state index in [9.17, 15) is 0 Å². The van der Waals surface area contributed by atoms with Gasteiger partial charge >= 0.3 is 34.1 Å². The van der Waals surface area contributed by atoms with Crippen molar-refractivity contribution in [3.05, 3.63) is 0 Å². The van der Waals surface area contributed by atoms with Crippen LogP contribution < -0.4 is 10.2 Å². The maximum atomic E-state index is 8.89. The minimum absolute atomic E-state index is 0. The van der Waals surface area contributed by atoms with Crippen LogP contribution in [0.2, 0.25) is 0 Å². The predicted octanol–water partition coefficient (Wildman–Crippen LogP) is -2.88. The summed E-state index contributed by atoms with van der Waals surface area (Å²) in [5.41, 5.74) is 0. The largest absolute Gasteiger partial charge is 2.00 e. The maximum absolute atomic E-state index is 8.89. The van der Waals surface area contributed by atoms with Crippen LogP contribution in [0.15, 0.2) is 0 Å². The summed E-state index contributed by atoms with van der Waals surface area (Å²) in [6.45, 7) is 0.472. The first kappa shape index (κ1) is 23.1. The zero-order chi connectivity index (χ0) is 6.28. The van der Waals surface area contributed by atoms with Gasteiger partial charge in [-0.3, -0.25) is 0 Å². The van der Waals surface area contributed by atoms with E-state index in [1.165, 1.54) is 0 Å². The van der Waals surface area contributed by atoms with Crippen molar-refractivity contribution in [2.24, 2.45) is 0 Å². The first-order valence-electron chi connectivity index (χ1n) is 1.38. The van der Waals surface area contributed by atoms with Crippen LogP contribution in [0.25, 0.3) is 0 Å². The average molecular weight is 231 g/mol. The van der Waals surface area contributed by atoms with E-state index in [4.69, 9.17) is 19.8 Å². The standard InChI is InChI=1S/C2H4O2.CH2O2.2Cu/c1-2(3)4;2-1-3;;/h1H3,(H,3,4);1H,(H,2,3);;/q;;2*+2/p-2. The van der Waals surface area contributed by atoms with Crippen molar-refractivity contribution in [1.29, 1.82) is 0 Å². The van der Waals surface area contributed by atoms with Crippen LogP contribution in [0.4, 0.5) is 0 Å². The molecular weight excluding hydrogens is 227 g/mol. The van der Waals surface area contributed by atoms with Crippen molar-refractivity contribution >= 4 is 12.4 Å². The number of carboxylic acids is 1. The Bertz CT molecular complexity index is 60.8. The number of hydrogen-bond donors (Lipinski definition) is 0. The van der Waals surface area contributed by atoms with Gasteiger partial charge in [0, 0.05) is 12.4 Å². The zero-order valence-corrected chi connectivity index (χ0v) is 6.20. The molecule has 0 rings (SSSR count). The number of hydrogen-bond acceptors (Lipinski definition) is 4. The fourth-order valence-corrected chi connectivity index (χ4v) is 0. The van der Waals surface area contributed by atoms with E-state index in [0.717, 1.165) is 6.92 Å². The maximum Gasteiger partial charge on any atom is 2.00 e. The molecule has 2 radical (unpaired) electrons. The minimum Gasteiger partial charge on any atom is -0.554 e. The summed E-state index contributed by atoms with van der Waals surface area (Å²) in [5.74, 6) is -1.08. The van der Waals surface area contributed by atoms with E-state index in [1.807, 2.05) is 0 Å². The molecule has 0 aliphatic rings. The number of carbonyl (C=O) groups excluding carboxylic acids is 2. The van der Waals surface area contributed by atoms with Crippen molar-refractivity contribution in [3.63, 3.8) is 0 Å². The van der Waals surface area contributed by atoms with E-state index in [-0.39, 0.29) is 34.1 Å². The molecule has 0 heterocycles. The van der Waals surface area contributed by atoms with E-state index < -0.39 is 12.4 Å². The van der Waals surface area contributed by atoms with Crippen molar-refractivity contribution in [2.75, 3.05) is 0 Å². The second kappa shape index (κ2) is 24.5. The normalized spacial score (nSPS) is 4.11. The van der Waals surface area contributed by atoms with Gasteiger partial charge in [0.05, 0.1) is 0 Å². The molecule has 0 aromatic heterocycles. The molecule has 0 bridgehead atoms. The first-order chi connectivity index (χ1) is 3.15. The smallest absolute Gasteiger partial charge is 0.554 e. The van der Waals surface area contributed by atoms with Crippen LogP contribution in [0.1, 0.15) is 6.92 Å². The van der Waals surface area contributed by atoms with Gasteiger partial charge in [-0.15, -0.1) is 0 Å². The summed E-state index contributed by atoms with van der Waals surface area (Å²) in [6, 6.07) is 0. The molecule has 0 N–H and O–H groups in total. The fourth-order valence-electron chi connectivity index (χ4n) is 0. The second-order valence-electron chi connectivity index (χ2n) is 0.588. The van der Waals surface area contributed by atoms with Gasteiger partial charge in [-0.1, -0.05) is 0 Å².